The van der Waals surface area contributed by atoms with E-state index >= 15 is 0 Å². The van der Waals surface area contributed by atoms with Crippen molar-refractivity contribution < 1.29 is 9.90 Å². The molecule has 0 aliphatic carbocycles. The van der Waals surface area contributed by atoms with Gasteiger partial charge < -0.3 is 10.4 Å². The first-order chi connectivity index (χ1) is 7.15. The zero-order valence-corrected chi connectivity index (χ0v) is 9.44. The van der Waals surface area contributed by atoms with E-state index in [0.717, 1.165) is 16.3 Å². The van der Waals surface area contributed by atoms with Gasteiger partial charge in [-0.3, -0.25) is 4.79 Å². The molecule has 1 aliphatic heterocycles. The van der Waals surface area contributed by atoms with E-state index in [4.69, 9.17) is 16.7 Å². The zero-order valence-electron chi connectivity index (χ0n) is 7.87. The number of carbonyl (C=O) groups is 1. The number of fused-ring (bicyclic) bond motifs is 1. The summed E-state index contributed by atoms with van der Waals surface area (Å²) in [6.07, 6.45) is 0.148. The highest BCUT2D eigenvalue weighted by Crippen LogP contribution is 2.35. The van der Waals surface area contributed by atoms with Crippen molar-refractivity contribution >= 4 is 35.0 Å². The lowest BCUT2D eigenvalue weighted by Gasteiger charge is -2.25. The van der Waals surface area contributed by atoms with Gasteiger partial charge in [0.1, 0.15) is 0 Å². The van der Waals surface area contributed by atoms with Crippen LogP contribution in [0.2, 0.25) is 5.02 Å². The second-order valence-electron chi connectivity index (χ2n) is 3.39. The maximum atomic E-state index is 10.6. The smallest absolute Gasteiger partial charge is 0.305 e. The lowest BCUT2D eigenvalue weighted by atomic mass is 10.2. The van der Waals surface area contributed by atoms with Crippen molar-refractivity contribution in [2.24, 2.45) is 0 Å². The first-order valence-electron chi connectivity index (χ1n) is 4.56. The Hall–Kier alpha value is -0.870. The van der Waals surface area contributed by atoms with Gasteiger partial charge in [-0.1, -0.05) is 11.6 Å². The molecule has 2 rings (SSSR count). The fraction of sp³-hybridized carbons (Fsp3) is 0.300. The Morgan fingerprint density at radius 3 is 3.20 bits per heavy atom. The number of halogens is 1. The molecule has 0 saturated heterocycles. The van der Waals surface area contributed by atoms with Crippen LogP contribution in [0, 0.1) is 0 Å². The summed E-state index contributed by atoms with van der Waals surface area (Å²) in [4.78, 5) is 11.7. The van der Waals surface area contributed by atoms with Gasteiger partial charge >= 0.3 is 5.97 Å². The predicted molar refractivity (Wildman–Crippen MR) is 61.8 cm³/mol. The molecule has 1 aliphatic rings. The monoisotopic (exact) mass is 243 g/mol. The molecular weight excluding hydrogens is 234 g/mol. The molecule has 0 aromatic heterocycles. The zero-order chi connectivity index (χ0) is 10.8. The Morgan fingerprint density at radius 1 is 1.67 bits per heavy atom. The molecule has 0 saturated carbocycles. The Bertz CT molecular complexity index is 397. The average molecular weight is 244 g/mol. The third-order valence-corrected chi connectivity index (χ3v) is 3.62. The van der Waals surface area contributed by atoms with Gasteiger partial charge in [0, 0.05) is 27.4 Å². The topological polar surface area (TPSA) is 49.3 Å². The van der Waals surface area contributed by atoms with Crippen LogP contribution in [-0.2, 0) is 4.79 Å². The summed E-state index contributed by atoms with van der Waals surface area (Å²) in [5.41, 5.74) is 0.974. The van der Waals surface area contributed by atoms with Crippen LogP contribution in [0.3, 0.4) is 0 Å². The first-order valence-corrected chi connectivity index (χ1v) is 5.92. The summed E-state index contributed by atoms with van der Waals surface area (Å²) in [5, 5.41) is 12.6. The largest absolute Gasteiger partial charge is 0.481 e. The van der Waals surface area contributed by atoms with Crippen LogP contribution < -0.4 is 5.32 Å². The molecule has 5 heteroatoms. The lowest BCUT2D eigenvalue weighted by Crippen LogP contribution is -2.28. The molecule has 0 amide bonds. The summed E-state index contributed by atoms with van der Waals surface area (Å²) >= 11 is 7.50. The highest BCUT2D eigenvalue weighted by atomic mass is 35.5. The van der Waals surface area contributed by atoms with Crippen LogP contribution in [0.5, 0.6) is 0 Å². The molecule has 1 unspecified atom stereocenters. The Labute approximate surface area is 96.8 Å². The fourth-order valence-corrected chi connectivity index (χ4v) is 2.82. The second kappa shape index (κ2) is 4.33. The summed E-state index contributed by atoms with van der Waals surface area (Å²) in [7, 11) is 0. The van der Waals surface area contributed by atoms with Crippen molar-refractivity contribution in [2.75, 3.05) is 11.1 Å². The molecule has 1 atom stereocenters. The average Bonchev–Trinajstić information content (AvgIpc) is 2.17. The van der Waals surface area contributed by atoms with Crippen LogP contribution in [0.4, 0.5) is 5.69 Å². The van der Waals surface area contributed by atoms with Gasteiger partial charge in [-0.05, 0) is 18.2 Å². The second-order valence-corrected chi connectivity index (χ2v) is 4.89. The SMILES string of the molecule is O=C(O)CC1CSc2cc(Cl)ccc2N1. The maximum Gasteiger partial charge on any atom is 0.305 e. The van der Waals surface area contributed by atoms with Gasteiger partial charge in [0.05, 0.1) is 6.42 Å². The molecule has 15 heavy (non-hydrogen) atoms. The normalized spacial score (nSPS) is 19.1. The molecule has 0 spiro atoms. The number of rotatable bonds is 2. The minimum Gasteiger partial charge on any atom is -0.481 e. The highest BCUT2D eigenvalue weighted by Gasteiger charge is 2.20. The molecule has 2 N–H and O–H groups in total. The van der Waals surface area contributed by atoms with Gasteiger partial charge in [0.25, 0.3) is 0 Å². The summed E-state index contributed by atoms with van der Waals surface area (Å²) in [6.45, 7) is 0. The number of hydrogen-bond donors (Lipinski definition) is 2. The van der Waals surface area contributed by atoms with Crippen molar-refractivity contribution in [3.63, 3.8) is 0 Å². The highest BCUT2D eigenvalue weighted by molar-refractivity contribution is 7.99. The minimum atomic E-state index is -0.773. The van der Waals surface area contributed by atoms with E-state index in [0.29, 0.717) is 5.02 Å². The minimum absolute atomic E-state index is 0.00109. The molecule has 0 bridgehead atoms. The number of nitrogens with one attached hydrogen (secondary N) is 1. The van der Waals surface area contributed by atoms with Crippen LogP contribution in [0.25, 0.3) is 0 Å². The molecule has 1 heterocycles. The summed E-state index contributed by atoms with van der Waals surface area (Å²) in [6, 6.07) is 5.59. The molecular formula is C10H10ClNO2S. The number of carboxylic acid groups (broad SMARTS) is 1. The van der Waals surface area contributed by atoms with Crippen molar-refractivity contribution in [3.8, 4) is 0 Å². The predicted octanol–water partition coefficient (Wildman–Crippen LogP) is 2.70. The Morgan fingerprint density at radius 2 is 2.47 bits per heavy atom. The standard InChI is InChI=1S/C10H10ClNO2S/c11-6-1-2-8-9(3-6)15-5-7(12-8)4-10(13)14/h1-3,7,12H,4-5H2,(H,13,14). The number of hydrogen-bond acceptors (Lipinski definition) is 3. The van der Waals surface area contributed by atoms with Crippen LogP contribution in [0.15, 0.2) is 23.1 Å². The van der Waals surface area contributed by atoms with Gasteiger partial charge in [-0.2, -0.15) is 0 Å². The third kappa shape index (κ3) is 2.58. The van der Waals surface area contributed by atoms with Crippen molar-refractivity contribution in [2.45, 2.75) is 17.4 Å². The van der Waals surface area contributed by atoms with Crippen molar-refractivity contribution in [1.29, 1.82) is 0 Å². The van der Waals surface area contributed by atoms with Gasteiger partial charge in [-0.25, -0.2) is 0 Å². The maximum absolute atomic E-state index is 10.6. The van der Waals surface area contributed by atoms with Gasteiger partial charge in [0.15, 0.2) is 0 Å². The van der Waals surface area contributed by atoms with Crippen LogP contribution >= 0.6 is 23.4 Å². The Balaban J connectivity index is 2.13. The number of thioether (sulfide) groups is 1. The van der Waals surface area contributed by atoms with Crippen LogP contribution in [-0.4, -0.2) is 22.9 Å². The molecule has 3 nitrogen and oxygen atoms in total. The van der Waals surface area contributed by atoms with E-state index < -0.39 is 5.97 Å². The number of carboxylic acids is 1. The Kier molecular flexibility index (Phi) is 3.07. The summed E-state index contributed by atoms with van der Waals surface area (Å²) < 4.78 is 0. The first kappa shape index (κ1) is 10.6. The quantitative estimate of drug-likeness (QED) is 0.839. The van der Waals surface area contributed by atoms with Gasteiger partial charge in [0.2, 0.25) is 0 Å². The molecule has 0 radical (unpaired) electrons. The molecule has 0 fully saturated rings. The van der Waals surface area contributed by atoms with E-state index in [-0.39, 0.29) is 12.5 Å². The van der Waals surface area contributed by atoms with Crippen LogP contribution in [0.1, 0.15) is 6.42 Å². The number of anilines is 1. The van der Waals surface area contributed by atoms with E-state index in [1.54, 1.807) is 17.8 Å². The molecule has 1 aromatic carbocycles. The summed E-state index contributed by atoms with van der Waals surface area (Å²) in [5.74, 6) is -0.00914. The number of benzene rings is 1. The van der Waals surface area contributed by atoms with Crippen molar-refractivity contribution in [1.82, 2.24) is 0 Å². The molecule has 1 aromatic rings. The van der Waals surface area contributed by atoms with E-state index in [9.17, 15) is 4.79 Å². The van der Waals surface area contributed by atoms with Gasteiger partial charge in [-0.15, -0.1) is 11.8 Å². The van der Waals surface area contributed by atoms with E-state index in [2.05, 4.69) is 5.32 Å². The third-order valence-electron chi connectivity index (χ3n) is 2.16. The lowest BCUT2D eigenvalue weighted by molar-refractivity contribution is -0.137. The van der Waals surface area contributed by atoms with E-state index in [1.165, 1.54) is 0 Å². The van der Waals surface area contributed by atoms with Crippen molar-refractivity contribution in [3.05, 3.63) is 23.2 Å². The number of aliphatic carboxylic acids is 1. The fourth-order valence-electron chi connectivity index (χ4n) is 1.51. The van der Waals surface area contributed by atoms with E-state index in [1.807, 2.05) is 12.1 Å². The molecule has 80 valence electrons.